The number of aromatic hydroxyl groups is 2. The number of phenols is 2. The summed E-state index contributed by atoms with van der Waals surface area (Å²) in [4.78, 5) is 14.7. The Labute approximate surface area is 137 Å². The average molecular weight is 329 g/mol. The number of para-hydroxylation sites is 2. The molecule has 7 nitrogen and oxygen atoms in total. The lowest BCUT2D eigenvalue weighted by molar-refractivity contribution is 0.173. The standard InChI is InChI=1S/C17H19N3O4/c21-12-7-11(8-13(22)9-12)16(23)10-18-5-6-20-15-4-2-1-3-14(15)19-17(20)24/h1-4,7-9,16,18,21-23H,5-6,10H2,(H,19,24). The normalized spacial score (nSPS) is 12.5. The topological polar surface area (TPSA) is 111 Å². The van der Waals surface area contributed by atoms with Gasteiger partial charge >= 0.3 is 5.69 Å². The van der Waals surface area contributed by atoms with Gasteiger partial charge in [0.05, 0.1) is 17.1 Å². The molecule has 0 saturated carbocycles. The molecule has 1 aromatic heterocycles. The van der Waals surface area contributed by atoms with E-state index >= 15 is 0 Å². The van der Waals surface area contributed by atoms with Crippen LogP contribution in [0.1, 0.15) is 11.7 Å². The summed E-state index contributed by atoms with van der Waals surface area (Å²) >= 11 is 0. The van der Waals surface area contributed by atoms with Gasteiger partial charge < -0.3 is 25.6 Å². The van der Waals surface area contributed by atoms with E-state index in [9.17, 15) is 20.1 Å². The predicted molar refractivity (Wildman–Crippen MR) is 90.2 cm³/mol. The van der Waals surface area contributed by atoms with Crippen molar-refractivity contribution in [3.8, 4) is 11.5 Å². The highest BCUT2D eigenvalue weighted by atomic mass is 16.3. The number of hydrogen-bond donors (Lipinski definition) is 5. The molecule has 1 unspecified atom stereocenters. The SMILES string of the molecule is O=c1[nH]c2ccccc2n1CCNCC(O)c1cc(O)cc(O)c1. The molecule has 1 atom stereocenters. The molecule has 5 N–H and O–H groups in total. The summed E-state index contributed by atoms with van der Waals surface area (Å²) < 4.78 is 1.63. The number of aromatic amines is 1. The van der Waals surface area contributed by atoms with Crippen LogP contribution in [0, 0.1) is 0 Å². The highest BCUT2D eigenvalue weighted by Crippen LogP contribution is 2.24. The third kappa shape index (κ3) is 3.42. The van der Waals surface area contributed by atoms with Crippen LogP contribution in [0.2, 0.25) is 0 Å². The number of nitrogens with one attached hydrogen (secondary N) is 2. The second-order valence-corrected chi connectivity index (χ2v) is 5.60. The summed E-state index contributed by atoms with van der Waals surface area (Å²) in [5.74, 6) is -0.205. The molecule has 0 radical (unpaired) electrons. The van der Waals surface area contributed by atoms with Crippen molar-refractivity contribution in [2.24, 2.45) is 0 Å². The highest BCUT2D eigenvalue weighted by Gasteiger charge is 2.10. The molecule has 7 heteroatoms. The lowest BCUT2D eigenvalue weighted by Crippen LogP contribution is -2.28. The Morgan fingerprint density at radius 1 is 1.12 bits per heavy atom. The number of benzene rings is 2. The molecule has 0 aliphatic heterocycles. The first kappa shape index (κ1) is 16.1. The number of fused-ring (bicyclic) bond motifs is 1. The Morgan fingerprint density at radius 2 is 1.83 bits per heavy atom. The van der Waals surface area contributed by atoms with Gasteiger partial charge in [0.2, 0.25) is 0 Å². The van der Waals surface area contributed by atoms with Crippen LogP contribution in [0.15, 0.2) is 47.3 Å². The van der Waals surface area contributed by atoms with Crippen molar-refractivity contribution in [2.45, 2.75) is 12.6 Å². The van der Waals surface area contributed by atoms with Gasteiger partial charge in [-0.1, -0.05) is 12.1 Å². The van der Waals surface area contributed by atoms with Crippen molar-refractivity contribution in [1.29, 1.82) is 0 Å². The number of H-pyrrole nitrogens is 1. The second kappa shape index (κ2) is 6.77. The largest absolute Gasteiger partial charge is 0.508 e. The van der Waals surface area contributed by atoms with E-state index in [-0.39, 0.29) is 23.7 Å². The minimum atomic E-state index is -0.873. The van der Waals surface area contributed by atoms with Gasteiger partial charge in [-0.3, -0.25) is 4.57 Å². The first-order valence-electron chi connectivity index (χ1n) is 7.64. The van der Waals surface area contributed by atoms with E-state index in [4.69, 9.17) is 0 Å². The van der Waals surface area contributed by atoms with Gasteiger partial charge in [0.25, 0.3) is 0 Å². The first-order valence-corrected chi connectivity index (χ1v) is 7.64. The van der Waals surface area contributed by atoms with Gasteiger partial charge in [-0.05, 0) is 29.8 Å². The Morgan fingerprint density at radius 3 is 2.58 bits per heavy atom. The monoisotopic (exact) mass is 329 g/mol. The Hall–Kier alpha value is -2.77. The van der Waals surface area contributed by atoms with Gasteiger partial charge in [0.1, 0.15) is 11.5 Å². The van der Waals surface area contributed by atoms with Crippen LogP contribution >= 0.6 is 0 Å². The Balaban J connectivity index is 1.58. The van der Waals surface area contributed by atoms with E-state index in [0.717, 1.165) is 11.0 Å². The smallest absolute Gasteiger partial charge is 0.326 e. The van der Waals surface area contributed by atoms with Crippen LogP contribution in [-0.2, 0) is 6.54 Å². The molecule has 3 rings (SSSR count). The third-order valence-electron chi connectivity index (χ3n) is 3.84. The number of nitrogens with zero attached hydrogens (tertiary/aromatic N) is 1. The molecule has 0 spiro atoms. The summed E-state index contributed by atoms with van der Waals surface area (Å²) in [7, 11) is 0. The lowest BCUT2D eigenvalue weighted by atomic mass is 10.1. The fraction of sp³-hybridized carbons (Fsp3) is 0.235. The zero-order valence-corrected chi connectivity index (χ0v) is 12.9. The molecule has 0 fully saturated rings. The molecular formula is C17H19N3O4. The quantitative estimate of drug-likeness (QED) is 0.434. The summed E-state index contributed by atoms with van der Waals surface area (Å²) in [6.07, 6.45) is -0.873. The molecule has 3 aromatic rings. The molecule has 0 aliphatic carbocycles. The number of aromatic nitrogens is 2. The van der Waals surface area contributed by atoms with Gasteiger partial charge in [-0.2, -0.15) is 0 Å². The molecule has 0 aliphatic rings. The molecule has 24 heavy (non-hydrogen) atoms. The predicted octanol–water partition coefficient (Wildman–Crippen LogP) is 1.06. The van der Waals surface area contributed by atoms with Crippen molar-refractivity contribution in [3.63, 3.8) is 0 Å². The number of aliphatic hydroxyl groups is 1. The number of aliphatic hydroxyl groups excluding tert-OH is 1. The fourth-order valence-electron chi connectivity index (χ4n) is 2.69. The summed E-state index contributed by atoms with van der Waals surface area (Å²) in [6.45, 7) is 1.18. The van der Waals surface area contributed by atoms with Gasteiger partial charge in [0, 0.05) is 25.7 Å². The van der Waals surface area contributed by atoms with Crippen LogP contribution in [0.4, 0.5) is 0 Å². The average Bonchev–Trinajstić information content (AvgIpc) is 2.86. The van der Waals surface area contributed by atoms with Gasteiger partial charge in [-0.25, -0.2) is 4.79 Å². The summed E-state index contributed by atoms with van der Waals surface area (Å²) in [5.41, 5.74) is 1.88. The van der Waals surface area contributed by atoms with E-state index < -0.39 is 6.10 Å². The maximum absolute atomic E-state index is 11.9. The van der Waals surface area contributed by atoms with E-state index in [0.29, 0.717) is 18.7 Å². The van der Waals surface area contributed by atoms with Crippen molar-refractivity contribution in [1.82, 2.24) is 14.9 Å². The van der Waals surface area contributed by atoms with Gasteiger partial charge in [-0.15, -0.1) is 0 Å². The van der Waals surface area contributed by atoms with Crippen molar-refractivity contribution >= 4 is 11.0 Å². The maximum Gasteiger partial charge on any atom is 0.326 e. The fourth-order valence-corrected chi connectivity index (χ4v) is 2.69. The molecule has 0 saturated heterocycles. The van der Waals surface area contributed by atoms with E-state index in [1.807, 2.05) is 24.3 Å². The molecule has 2 aromatic carbocycles. The molecule has 1 heterocycles. The molecule has 126 valence electrons. The van der Waals surface area contributed by atoms with Crippen LogP contribution in [-0.4, -0.2) is 38.0 Å². The second-order valence-electron chi connectivity index (χ2n) is 5.60. The number of rotatable bonds is 6. The Bertz CT molecular complexity index is 880. The summed E-state index contributed by atoms with van der Waals surface area (Å²) in [6, 6.07) is 11.5. The van der Waals surface area contributed by atoms with E-state index in [1.165, 1.54) is 18.2 Å². The van der Waals surface area contributed by atoms with E-state index in [1.54, 1.807) is 4.57 Å². The minimum Gasteiger partial charge on any atom is -0.508 e. The zero-order valence-electron chi connectivity index (χ0n) is 12.9. The summed E-state index contributed by atoms with van der Waals surface area (Å²) in [5, 5.41) is 32.0. The van der Waals surface area contributed by atoms with Crippen LogP contribution < -0.4 is 11.0 Å². The highest BCUT2D eigenvalue weighted by molar-refractivity contribution is 5.74. The van der Waals surface area contributed by atoms with Crippen molar-refractivity contribution in [2.75, 3.05) is 13.1 Å². The lowest BCUT2D eigenvalue weighted by Gasteiger charge is -2.13. The zero-order chi connectivity index (χ0) is 17.1. The third-order valence-corrected chi connectivity index (χ3v) is 3.84. The minimum absolute atomic E-state index is 0.102. The van der Waals surface area contributed by atoms with Crippen molar-refractivity contribution in [3.05, 3.63) is 58.5 Å². The number of phenolic OH excluding ortho intramolecular Hbond substituents is 2. The van der Waals surface area contributed by atoms with E-state index in [2.05, 4.69) is 10.3 Å². The number of imidazole rings is 1. The maximum atomic E-state index is 11.9. The Kier molecular flexibility index (Phi) is 4.54. The van der Waals surface area contributed by atoms with Crippen molar-refractivity contribution < 1.29 is 15.3 Å². The van der Waals surface area contributed by atoms with Crippen LogP contribution in [0.3, 0.4) is 0 Å². The first-order chi connectivity index (χ1) is 11.5. The van der Waals surface area contributed by atoms with Crippen LogP contribution in [0.5, 0.6) is 11.5 Å². The van der Waals surface area contributed by atoms with Gasteiger partial charge in [0.15, 0.2) is 0 Å². The van der Waals surface area contributed by atoms with Crippen LogP contribution in [0.25, 0.3) is 11.0 Å². The number of hydrogen-bond acceptors (Lipinski definition) is 5. The molecule has 0 amide bonds. The molecular weight excluding hydrogens is 310 g/mol. The molecule has 0 bridgehead atoms.